The van der Waals surface area contributed by atoms with E-state index in [1.165, 1.54) is 24.9 Å². The average Bonchev–Trinajstić information content (AvgIpc) is 2.27. The van der Waals surface area contributed by atoms with Crippen LogP contribution in [0.4, 0.5) is 11.4 Å². The van der Waals surface area contributed by atoms with Gasteiger partial charge in [0.25, 0.3) is 0 Å². The Morgan fingerprint density at radius 3 is 2.61 bits per heavy atom. The highest BCUT2D eigenvalue weighted by Gasteiger charge is 2.20. The van der Waals surface area contributed by atoms with Gasteiger partial charge in [-0.1, -0.05) is 6.42 Å². The predicted molar refractivity (Wildman–Crippen MR) is 77.3 cm³/mol. The first-order valence-corrected chi connectivity index (χ1v) is 7.01. The van der Waals surface area contributed by atoms with Crippen molar-refractivity contribution < 1.29 is 4.74 Å². The zero-order valence-electron chi connectivity index (χ0n) is 11.5. The second-order valence-electron chi connectivity index (χ2n) is 5.03. The summed E-state index contributed by atoms with van der Waals surface area (Å²) in [5, 5.41) is 0. The van der Waals surface area contributed by atoms with Crippen LogP contribution in [0.15, 0.2) is 18.2 Å². The fraction of sp³-hybridized carbons (Fsp3) is 0.600. The van der Waals surface area contributed by atoms with Gasteiger partial charge < -0.3 is 15.4 Å². The molecule has 2 rings (SSSR count). The summed E-state index contributed by atoms with van der Waals surface area (Å²) in [5.41, 5.74) is 7.92. The molecule has 0 aliphatic heterocycles. The van der Waals surface area contributed by atoms with Crippen LogP contribution < -0.4 is 15.4 Å². The fourth-order valence-corrected chi connectivity index (χ4v) is 2.44. The van der Waals surface area contributed by atoms with Crippen molar-refractivity contribution in [3.8, 4) is 5.75 Å². The van der Waals surface area contributed by atoms with E-state index in [0.29, 0.717) is 6.61 Å². The van der Waals surface area contributed by atoms with Crippen LogP contribution in [0.25, 0.3) is 0 Å². The van der Waals surface area contributed by atoms with E-state index in [1.54, 1.807) is 0 Å². The van der Waals surface area contributed by atoms with Crippen molar-refractivity contribution in [2.45, 2.75) is 33.1 Å². The van der Waals surface area contributed by atoms with Crippen molar-refractivity contribution >= 4 is 11.4 Å². The Balaban J connectivity index is 2.12. The van der Waals surface area contributed by atoms with Crippen molar-refractivity contribution in [2.75, 3.05) is 30.3 Å². The van der Waals surface area contributed by atoms with E-state index in [0.717, 1.165) is 30.4 Å². The molecule has 0 amide bonds. The molecule has 1 aliphatic rings. The molecule has 2 N–H and O–H groups in total. The maximum Gasteiger partial charge on any atom is 0.123 e. The van der Waals surface area contributed by atoms with Crippen molar-refractivity contribution in [1.82, 2.24) is 0 Å². The monoisotopic (exact) mass is 248 g/mol. The number of hydrogen-bond donors (Lipinski definition) is 1. The number of benzene rings is 1. The highest BCUT2D eigenvalue weighted by atomic mass is 16.5. The molecular formula is C15H24N2O. The predicted octanol–water partition coefficient (Wildman–Crippen LogP) is 3.29. The molecule has 0 unspecified atom stereocenters. The second-order valence-corrected chi connectivity index (χ2v) is 5.03. The van der Waals surface area contributed by atoms with Crippen LogP contribution in [0.1, 0.15) is 33.1 Å². The first-order chi connectivity index (χ1) is 8.72. The van der Waals surface area contributed by atoms with E-state index in [4.69, 9.17) is 10.5 Å². The summed E-state index contributed by atoms with van der Waals surface area (Å²) in [5.74, 6) is 1.74. The van der Waals surface area contributed by atoms with Crippen molar-refractivity contribution in [1.29, 1.82) is 0 Å². The topological polar surface area (TPSA) is 38.5 Å². The third-order valence-corrected chi connectivity index (χ3v) is 3.67. The lowest BCUT2D eigenvalue weighted by atomic mass is 9.85. The highest BCUT2D eigenvalue weighted by Crippen LogP contribution is 2.31. The maximum absolute atomic E-state index is 5.95. The molecule has 0 aromatic heterocycles. The Kier molecular flexibility index (Phi) is 4.34. The van der Waals surface area contributed by atoms with Crippen LogP contribution >= 0.6 is 0 Å². The summed E-state index contributed by atoms with van der Waals surface area (Å²) >= 11 is 0. The molecule has 18 heavy (non-hydrogen) atoms. The van der Waals surface area contributed by atoms with E-state index in [9.17, 15) is 0 Å². The molecule has 1 fully saturated rings. The lowest BCUT2D eigenvalue weighted by Crippen LogP contribution is -2.32. The molecule has 0 bridgehead atoms. The molecule has 0 radical (unpaired) electrons. The van der Waals surface area contributed by atoms with E-state index < -0.39 is 0 Å². The molecule has 0 saturated heterocycles. The van der Waals surface area contributed by atoms with Gasteiger partial charge in [-0.05, 0) is 38.7 Å². The molecule has 0 atom stereocenters. The van der Waals surface area contributed by atoms with Gasteiger partial charge in [0.2, 0.25) is 0 Å². The molecule has 0 heterocycles. The van der Waals surface area contributed by atoms with Crippen LogP contribution in [0.2, 0.25) is 0 Å². The Labute approximate surface area is 110 Å². The summed E-state index contributed by atoms with van der Waals surface area (Å²) in [6, 6.07) is 6.04. The van der Waals surface area contributed by atoms with Gasteiger partial charge in [-0.15, -0.1) is 0 Å². The van der Waals surface area contributed by atoms with Gasteiger partial charge in [-0.2, -0.15) is 0 Å². The van der Waals surface area contributed by atoms with Crippen molar-refractivity contribution in [3.05, 3.63) is 18.2 Å². The van der Waals surface area contributed by atoms with Gasteiger partial charge in [0, 0.05) is 36.6 Å². The minimum Gasteiger partial charge on any atom is -0.494 e. The summed E-state index contributed by atoms with van der Waals surface area (Å²) in [6.45, 7) is 7.03. The minimum absolute atomic E-state index is 0.678. The molecule has 0 spiro atoms. The van der Waals surface area contributed by atoms with Crippen molar-refractivity contribution in [2.24, 2.45) is 5.92 Å². The quantitative estimate of drug-likeness (QED) is 0.785. The Morgan fingerprint density at radius 2 is 2.06 bits per heavy atom. The number of anilines is 2. The second kappa shape index (κ2) is 5.98. The van der Waals surface area contributed by atoms with Gasteiger partial charge in [-0.25, -0.2) is 0 Å². The fourth-order valence-electron chi connectivity index (χ4n) is 2.44. The van der Waals surface area contributed by atoms with Crippen LogP contribution in [-0.4, -0.2) is 19.7 Å². The average molecular weight is 248 g/mol. The normalized spacial score (nSPS) is 15.2. The van der Waals surface area contributed by atoms with E-state index in [1.807, 2.05) is 19.1 Å². The lowest BCUT2D eigenvalue weighted by Gasteiger charge is -2.33. The van der Waals surface area contributed by atoms with Gasteiger partial charge in [0.05, 0.1) is 6.61 Å². The minimum atomic E-state index is 0.678. The Morgan fingerprint density at radius 1 is 1.28 bits per heavy atom. The lowest BCUT2D eigenvalue weighted by molar-refractivity contribution is 0.318. The zero-order valence-corrected chi connectivity index (χ0v) is 11.5. The molecule has 1 aliphatic carbocycles. The first kappa shape index (κ1) is 13.1. The molecule has 3 heteroatoms. The maximum atomic E-state index is 5.95. The number of hydrogen-bond acceptors (Lipinski definition) is 3. The number of nitrogen functional groups attached to an aromatic ring is 1. The van der Waals surface area contributed by atoms with E-state index in [-0.39, 0.29) is 0 Å². The van der Waals surface area contributed by atoms with Gasteiger partial charge >= 0.3 is 0 Å². The third kappa shape index (κ3) is 3.09. The van der Waals surface area contributed by atoms with Crippen molar-refractivity contribution in [3.63, 3.8) is 0 Å². The summed E-state index contributed by atoms with van der Waals surface area (Å²) in [4.78, 5) is 2.41. The van der Waals surface area contributed by atoms with Crippen LogP contribution in [0.3, 0.4) is 0 Å². The standard InChI is InChI=1S/C15H24N2O/c1-3-17(11-12-6-5-7-12)14-8-13(16)9-15(10-14)18-4-2/h8-10,12H,3-7,11,16H2,1-2H3. The SMILES string of the molecule is CCOc1cc(N)cc(N(CC)CC2CCC2)c1. The zero-order chi connectivity index (χ0) is 13.0. The van der Waals surface area contributed by atoms with Gasteiger partial charge in [-0.3, -0.25) is 0 Å². The largest absolute Gasteiger partial charge is 0.494 e. The highest BCUT2D eigenvalue weighted by molar-refractivity contribution is 5.60. The Bertz CT molecular complexity index is 388. The summed E-state index contributed by atoms with van der Waals surface area (Å²) < 4.78 is 5.56. The van der Waals surface area contributed by atoms with Crippen LogP contribution in [0.5, 0.6) is 5.75 Å². The Hall–Kier alpha value is -1.38. The molecule has 1 aromatic rings. The number of nitrogens with zero attached hydrogens (tertiary/aromatic N) is 1. The number of nitrogens with two attached hydrogens (primary N) is 1. The third-order valence-electron chi connectivity index (χ3n) is 3.67. The molecule has 1 saturated carbocycles. The number of rotatable bonds is 6. The molecular weight excluding hydrogens is 224 g/mol. The van der Waals surface area contributed by atoms with E-state index in [2.05, 4.69) is 17.9 Å². The van der Waals surface area contributed by atoms with Crippen LogP contribution in [-0.2, 0) is 0 Å². The molecule has 3 nitrogen and oxygen atoms in total. The number of ether oxygens (including phenoxy) is 1. The van der Waals surface area contributed by atoms with Gasteiger partial charge in [0.15, 0.2) is 0 Å². The summed E-state index contributed by atoms with van der Waals surface area (Å²) in [7, 11) is 0. The summed E-state index contributed by atoms with van der Waals surface area (Å²) in [6.07, 6.45) is 4.14. The van der Waals surface area contributed by atoms with E-state index >= 15 is 0 Å². The van der Waals surface area contributed by atoms with Gasteiger partial charge in [0.1, 0.15) is 5.75 Å². The first-order valence-electron chi connectivity index (χ1n) is 7.01. The molecule has 1 aromatic carbocycles. The smallest absolute Gasteiger partial charge is 0.123 e. The molecule has 100 valence electrons. The van der Waals surface area contributed by atoms with Crippen LogP contribution in [0, 0.1) is 5.92 Å².